The highest BCUT2D eigenvalue weighted by atomic mass is 16.5. The number of hydrogen-bond donors (Lipinski definition) is 1. The lowest BCUT2D eigenvalue weighted by atomic mass is 10.2. The Labute approximate surface area is 153 Å². The predicted molar refractivity (Wildman–Crippen MR) is 103 cm³/mol. The van der Waals surface area contributed by atoms with Gasteiger partial charge in [-0.1, -0.05) is 12.1 Å². The van der Waals surface area contributed by atoms with Crippen molar-refractivity contribution in [3.05, 3.63) is 54.5 Å². The molecule has 136 valence electrons. The van der Waals surface area contributed by atoms with E-state index in [1.807, 2.05) is 50.8 Å². The van der Waals surface area contributed by atoms with Crippen LogP contribution < -0.4 is 10.2 Å². The van der Waals surface area contributed by atoms with Crippen LogP contribution >= 0.6 is 0 Å². The topological polar surface area (TPSA) is 68.1 Å². The molecule has 3 aromatic rings. The van der Waals surface area contributed by atoms with Gasteiger partial charge in [0.25, 0.3) is 0 Å². The summed E-state index contributed by atoms with van der Waals surface area (Å²) in [6.07, 6.45) is 5.63. The number of hydrogen-bond acceptors (Lipinski definition) is 6. The van der Waals surface area contributed by atoms with E-state index in [9.17, 15) is 0 Å². The molecule has 0 aromatic carbocycles. The van der Waals surface area contributed by atoms with Gasteiger partial charge in [0.15, 0.2) is 0 Å². The quantitative estimate of drug-likeness (QED) is 0.672. The second kappa shape index (κ2) is 8.44. The van der Waals surface area contributed by atoms with Crippen LogP contribution in [0.4, 0.5) is 11.5 Å². The number of ether oxygens (including phenoxy) is 1. The highest BCUT2D eigenvalue weighted by Crippen LogP contribution is 2.24. The SMILES string of the molecule is COCCN(C)c1ccc(CNc2cn(C)nc2-c2ccccn2)cn1. The molecular weight excluding hydrogens is 328 g/mol. The summed E-state index contributed by atoms with van der Waals surface area (Å²) in [5.74, 6) is 0.932. The number of anilines is 2. The fourth-order valence-electron chi connectivity index (χ4n) is 2.60. The average Bonchev–Trinajstić information content (AvgIpc) is 3.06. The van der Waals surface area contributed by atoms with Crippen molar-refractivity contribution >= 4 is 11.5 Å². The van der Waals surface area contributed by atoms with Gasteiger partial charge in [0, 0.05) is 52.9 Å². The van der Waals surface area contributed by atoms with Gasteiger partial charge < -0.3 is 15.0 Å². The summed E-state index contributed by atoms with van der Waals surface area (Å²) < 4.78 is 6.89. The second-order valence-electron chi connectivity index (χ2n) is 6.07. The number of aromatic nitrogens is 4. The maximum atomic E-state index is 5.10. The number of rotatable bonds is 8. The molecular formula is C19H24N6O. The molecule has 7 heteroatoms. The normalized spacial score (nSPS) is 10.7. The fourth-order valence-corrected chi connectivity index (χ4v) is 2.60. The molecule has 0 aliphatic heterocycles. The smallest absolute Gasteiger partial charge is 0.134 e. The molecule has 1 N–H and O–H groups in total. The summed E-state index contributed by atoms with van der Waals surface area (Å²) in [7, 11) is 5.62. The van der Waals surface area contributed by atoms with Crippen LogP contribution in [0.3, 0.4) is 0 Å². The Bertz CT molecular complexity index is 816. The molecule has 3 heterocycles. The van der Waals surface area contributed by atoms with Crippen LogP contribution in [-0.4, -0.2) is 47.1 Å². The van der Waals surface area contributed by atoms with Crippen molar-refractivity contribution in [2.45, 2.75) is 6.54 Å². The zero-order chi connectivity index (χ0) is 18.4. The van der Waals surface area contributed by atoms with Gasteiger partial charge in [-0.3, -0.25) is 9.67 Å². The highest BCUT2D eigenvalue weighted by Gasteiger charge is 2.11. The zero-order valence-corrected chi connectivity index (χ0v) is 15.4. The first kappa shape index (κ1) is 17.9. The summed E-state index contributed by atoms with van der Waals surface area (Å²) in [6.45, 7) is 2.16. The van der Waals surface area contributed by atoms with Crippen LogP contribution in [0.2, 0.25) is 0 Å². The van der Waals surface area contributed by atoms with E-state index in [1.54, 1.807) is 18.0 Å². The molecule has 26 heavy (non-hydrogen) atoms. The van der Waals surface area contributed by atoms with Gasteiger partial charge >= 0.3 is 0 Å². The number of aryl methyl sites for hydroxylation is 1. The number of nitrogens with zero attached hydrogens (tertiary/aromatic N) is 5. The molecule has 0 saturated carbocycles. The number of nitrogens with one attached hydrogen (secondary N) is 1. The van der Waals surface area contributed by atoms with Crippen molar-refractivity contribution in [1.29, 1.82) is 0 Å². The number of pyridine rings is 2. The molecule has 0 unspecified atom stereocenters. The van der Waals surface area contributed by atoms with Gasteiger partial charge in [-0.05, 0) is 23.8 Å². The first-order chi connectivity index (χ1) is 12.7. The Morgan fingerprint density at radius 2 is 2.08 bits per heavy atom. The van der Waals surface area contributed by atoms with Crippen molar-refractivity contribution in [2.24, 2.45) is 7.05 Å². The minimum Gasteiger partial charge on any atom is -0.383 e. The zero-order valence-electron chi connectivity index (χ0n) is 15.4. The van der Waals surface area contributed by atoms with Crippen LogP contribution in [0.1, 0.15) is 5.56 Å². The van der Waals surface area contributed by atoms with Gasteiger partial charge in [-0.15, -0.1) is 0 Å². The van der Waals surface area contributed by atoms with Gasteiger partial charge in [0.1, 0.15) is 11.5 Å². The van der Waals surface area contributed by atoms with E-state index >= 15 is 0 Å². The lowest BCUT2D eigenvalue weighted by Crippen LogP contribution is -2.22. The van der Waals surface area contributed by atoms with Gasteiger partial charge in [0.05, 0.1) is 18.0 Å². The van der Waals surface area contributed by atoms with Gasteiger partial charge in [0.2, 0.25) is 0 Å². The van der Waals surface area contributed by atoms with Crippen LogP contribution in [0.15, 0.2) is 48.9 Å². The van der Waals surface area contributed by atoms with Crippen LogP contribution in [0.25, 0.3) is 11.4 Å². The highest BCUT2D eigenvalue weighted by molar-refractivity contribution is 5.71. The number of methoxy groups -OCH3 is 1. The minimum atomic E-state index is 0.667. The molecule has 0 aliphatic rings. The lowest BCUT2D eigenvalue weighted by molar-refractivity contribution is 0.206. The molecule has 3 rings (SSSR count). The molecule has 0 amide bonds. The average molecular weight is 352 g/mol. The maximum Gasteiger partial charge on any atom is 0.134 e. The summed E-state index contributed by atoms with van der Waals surface area (Å²) in [4.78, 5) is 11.0. The first-order valence-corrected chi connectivity index (χ1v) is 8.51. The molecule has 0 radical (unpaired) electrons. The molecule has 0 atom stereocenters. The molecule has 0 aliphatic carbocycles. The van der Waals surface area contributed by atoms with E-state index in [-0.39, 0.29) is 0 Å². The second-order valence-corrected chi connectivity index (χ2v) is 6.07. The lowest BCUT2D eigenvalue weighted by Gasteiger charge is -2.17. The van der Waals surface area contributed by atoms with E-state index < -0.39 is 0 Å². The molecule has 0 spiro atoms. The van der Waals surface area contributed by atoms with Crippen molar-refractivity contribution < 1.29 is 4.74 Å². The third-order valence-electron chi connectivity index (χ3n) is 4.05. The van der Waals surface area contributed by atoms with Crippen molar-refractivity contribution in [3.8, 4) is 11.4 Å². The van der Waals surface area contributed by atoms with E-state index in [2.05, 4.69) is 31.3 Å². The van der Waals surface area contributed by atoms with Gasteiger partial charge in [-0.25, -0.2) is 4.98 Å². The summed E-state index contributed by atoms with van der Waals surface area (Å²) >= 11 is 0. The van der Waals surface area contributed by atoms with Crippen molar-refractivity contribution in [1.82, 2.24) is 19.7 Å². The predicted octanol–water partition coefficient (Wildman–Crippen LogP) is 2.57. The summed E-state index contributed by atoms with van der Waals surface area (Å²) in [5.41, 5.74) is 3.75. The number of likely N-dealkylation sites (N-methyl/N-ethyl adjacent to an activating group) is 1. The molecule has 0 fully saturated rings. The van der Waals surface area contributed by atoms with Crippen LogP contribution in [0, 0.1) is 0 Å². The molecule has 3 aromatic heterocycles. The van der Waals surface area contributed by atoms with Crippen LogP contribution in [-0.2, 0) is 18.3 Å². The largest absolute Gasteiger partial charge is 0.383 e. The minimum absolute atomic E-state index is 0.667. The van der Waals surface area contributed by atoms with Crippen molar-refractivity contribution in [2.75, 3.05) is 37.5 Å². The van der Waals surface area contributed by atoms with Crippen LogP contribution in [0.5, 0.6) is 0 Å². The van der Waals surface area contributed by atoms with E-state index in [1.165, 1.54) is 0 Å². The maximum absolute atomic E-state index is 5.10. The fraction of sp³-hybridized carbons (Fsp3) is 0.316. The summed E-state index contributed by atoms with van der Waals surface area (Å²) in [6, 6.07) is 9.92. The Morgan fingerprint density at radius 3 is 2.77 bits per heavy atom. The Hall–Kier alpha value is -2.93. The summed E-state index contributed by atoms with van der Waals surface area (Å²) in [5, 5.41) is 7.95. The van der Waals surface area contributed by atoms with E-state index in [4.69, 9.17) is 4.74 Å². The molecule has 7 nitrogen and oxygen atoms in total. The van der Waals surface area contributed by atoms with Gasteiger partial charge in [-0.2, -0.15) is 5.10 Å². The molecule has 0 bridgehead atoms. The first-order valence-electron chi connectivity index (χ1n) is 8.51. The third kappa shape index (κ3) is 4.37. The Kier molecular flexibility index (Phi) is 5.80. The standard InChI is InChI=1S/C19H24N6O/c1-24(10-11-26-3)18-8-7-15(13-22-18)12-21-17-14-25(2)23-19(17)16-6-4-5-9-20-16/h4-9,13-14,21H,10-12H2,1-3H3. The van der Waals surface area contributed by atoms with E-state index in [0.717, 1.165) is 35.0 Å². The molecule has 0 saturated heterocycles. The monoisotopic (exact) mass is 352 g/mol. The Morgan fingerprint density at radius 1 is 1.19 bits per heavy atom. The van der Waals surface area contributed by atoms with E-state index in [0.29, 0.717) is 13.2 Å². The van der Waals surface area contributed by atoms with Crippen molar-refractivity contribution in [3.63, 3.8) is 0 Å². The third-order valence-corrected chi connectivity index (χ3v) is 4.05. The Balaban J connectivity index is 1.66.